The molecule has 1 fully saturated rings. The molecule has 0 saturated heterocycles. The Bertz CT molecular complexity index is 737. The van der Waals surface area contributed by atoms with Crippen molar-refractivity contribution in [2.45, 2.75) is 45.3 Å². The second-order valence-corrected chi connectivity index (χ2v) is 6.01. The number of ether oxygens (including phenoxy) is 1. The van der Waals surface area contributed by atoms with Crippen LogP contribution in [0.15, 0.2) is 18.3 Å². The summed E-state index contributed by atoms with van der Waals surface area (Å²) in [7, 11) is 1.68. The number of hydrogen-bond acceptors (Lipinski definition) is 6. The van der Waals surface area contributed by atoms with Gasteiger partial charge in [0.05, 0.1) is 4.92 Å². The molecule has 128 valence electrons. The summed E-state index contributed by atoms with van der Waals surface area (Å²) in [6.07, 6.45) is 6.39. The van der Waals surface area contributed by atoms with Crippen molar-refractivity contribution in [2.75, 3.05) is 5.32 Å². The van der Waals surface area contributed by atoms with Crippen molar-refractivity contribution < 1.29 is 9.66 Å². The van der Waals surface area contributed by atoms with Crippen LogP contribution in [0.3, 0.4) is 0 Å². The monoisotopic (exact) mass is 331 g/mol. The predicted octanol–water partition coefficient (Wildman–Crippen LogP) is 2.97. The molecule has 1 aliphatic rings. The van der Waals surface area contributed by atoms with E-state index in [0.29, 0.717) is 23.9 Å². The van der Waals surface area contributed by atoms with Gasteiger partial charge in [-0.25, -0.2) is 9.67 Å². The number of nitrogens with one attached hydrogen (secondary N) is 1. The van der Waals surface area contributed by atoms with E-state index in [-0.39, 0.29) is 11.8 Å². The van der Waals surface area contributed by atoms with E-state index >= 15 is 0 Å². The van der Waals surface area contributed by atoms with Crippen molar-refractivity contribution in [1.29, 1.82) is 0 Å². The Balaban J connectivity index is 1.77. The first-order valence-electron chi connectivity index (χ1n) is 8.08. The molecule has 0 bridgehead atoms. The van der Waals surface area contributed by atoms with Gasteiger partial charge in [0.25, 0.3) is 0 Å². The van der Waals surface area contributed by atoms with E-state index in [0.717, 1.165) is 18.4 Å². The van der Waals surface area contributed by atoms with Crippen molar-refractivity contribution in [3.05, 3.63) is 39.7 Å². The second-order valence-electron chi connectivity index (χ2n) is 6.01. The Morgan fingerprint density at radius 1 is 1.46 bits per heavy atom. The van der Waals surface area contributed by atoms with Gasteiger partial charge >= 0.3 is 5.69 Å². The fraction of sp³-hybridized carbons (Fsp3) is 0.500. The fourth-order valence-electron chi connectivity index (χ4n) is 3.07. The molecule has 0 aromatic carbocycles. The van der Waals surface area contributed by atoms with Crippen LogP contribution >= 0.6 is 0 Å². The van der Waals surface area contributed by atoms with Gasteiger partial charge < -0.3 is 10.1 Å². The normalized spacial score (nSPS) is 14.8. The minimum absolute atomic E-state index is 0.000323. The van der Waals surface area contributed by atoms with E-state index < -0.39 is 4.92 Å². The molecule has 2 aromatic heterocycles. The number of anilines is 1. The summed E-state index contributed by atoms with van der Waals surface area (Å²) in [5, 5.41) is 18.5. The molecular weight excluding hydrogens is 310 g/mol. The number of aryl methyl sites for hydroxylation is 2. The van der Waals surface area contributed by atoms with E-state index in [9.17, 15) is 10.1 Å². The molecule has 0 unspecified atom stereocenters. The second kappa shape index (κ2) is 6.86. The predicted molar refractivity (Wildman–Crippen MR) is 89.0 cm³/mol. The third-order valence-corrected chi connectivity index (χ3v) is 4.25. The smallest absolute Gasteiger partial charge is 0.333 e. The minimum atomic E-state index is -0.413. The summed E-state index contributed by atoms with van der Waals surface area (Å²) >= 11 is 0. The van der Waals surface area contributed by atoms with Crippen LogP contribution in [0.1, 0.15) is 36.9 Å². The molecule has 8 nitrogen and oxygen atoms in total. The average molecular weight is 331 g/mol. The van der Waals surface area contributed by atoms with Crippen LogP contribution in [-0.2, 0) is 13.6 Å². The summed E-state index contributed by atoms with van der Waals surface area (Å²) in [5.41, 5.74) is 1.26. The van der Waals surface area contributed by atoms with Crippen LogP contribution < -0.4 is 10.1 Å². The van der Waals surface area contributed by atoms with Gasteiger partial charge in [-0.05, 0) is 38.7 Å². The Kier molecular flexibility index (Phi) is 4.64. The van der Waals surface area contributed by atoms with Gasteiger partial charge in [-0.2, -0.15) is 5.10 Å². The molecule has 3 rings (SSSR count). The Labute approximate surface area is 140 Å². The first-order valence-corrected chi connectivity index (χ1v) is 8.08. The van der Waals surface area contributed by atoms with Crippen molar-refractivity contribution in [3.63, 3.8) is 0 Å². The van der Waals surface area contributed by atoms with E-state index in [4.69, 9.17) is 4.74 Å². The zero-order valence-corrected chi connectivity index (χ0v) is 13.9. The van der Waals surface area contributed by atoms with Crippen molar-refractivity contribution in [1.82, 2.24) is 14.8 Å². The highest BCUT2D eigenvalue weighted by Gasteiger charge is 2.24. The highest BCUT2D eigenvalue weighted by Crippen LogP contribution is 2.29. The summed E-state index contributed by atoms with van der Waals surface area (Å²) < 4.78 is 7.49. The zero-order valence-electron chi connectivity index (χ0n) is 13.9. The molecule has 1 saturated carbocycles. The SMILES string of the molecule is Cc1nn(C)c(NCc2cccnc2OC2CCCC2)c1[N+](=O)[O-]. The topological polar surface area (TPSA) is 95.1 Å². The first kappa shape index (κ1) is 16.2. The van der Waals surface area contributed by atoms with Crippen molar-refractivity contribution in [2.24, 2.45) is 7.05 Å². The summed E-state index contributed by atoms with van der Waals surface area (Å²) in [4.78, 5) is 15.1. The number of rotatable bonds is 6. The van der Waals surface area contributed by atoms with Gasteiger partial charge in [-0.15, -0.1) is 0 Å². The van der Waals surface area contributed by atoms with Crippen LogP contribution in [0.25, 0.3) is 0 Å². The van der Waals surface area contributed by atoms with Crippen LogP contribution in [0.5, 0.6) is 5.88 Å². The number of aromatic nitrogens is 3. The third-order valence-electron chi connectivity index (χ3n) is 4.25. The summed E-state index contributed by atoms with van der Waals surface area (Å²) in [6.45, 7) is 2.01. The molecule has 1 N–H and O–H groups in total. The Hall–Kier alpha value is -2.64. The molecule has 0 aliphatic heterocycles. The Morgan fingerprint density at radius 3 is 2.92 bits per heavy atom. The summed E-state index contributed by atoms with van der Waals surface area (Å²) in [5.74, 6) is 0.978. The van der Waals surface area contributed by atoms with E-state index in [1.807, 2.05) is 12.1 Å². The minimum Gasteiger partial charge on any atom is -0.474 e. The maximum absolute atomic E-state index is 11.2. The molecule has 2 heterocycles. The lowest BCUT2D eigenvalue weighted by atomic mass is 10.2. The molecule has 0 atom stereocenters. The lowest BCUT2D eigenvalue weighted by molar-refractivity contribution is -0.384. The molecule has 8 heteroatoms. The lowest BCUT2D eigenvalue weighted by Gasteiger charge is -2.15. The zero-order chi connectivity index (χ0) is 17.1. The van der Waals surface area contributed by atoms with E-state index in [1.165, 1.54) is 17.5 Å². The molecule has 2 aromatic rings. The van der Waals surface area contributed by atoms with Gasteiger partial charge in [0.1, 0.15) is 11.8 Å². The number of nitro groups is 1. The van der Waals surface area contributed by atoms with Crippen molar-refractivity contribution in [3.8, 4) is 5.88 Å². The fourth-order valence-corrected chi connectivity index (χ4v) is 3.07. The average Bonchev–Trinajstić information content (AvgIpc) is 3.14. The third kappa shape index (κ3) is 3.32. The molecule has 0 spiro atoms. The van der Waals surface area contributed by atoms with E-state index in [2.05, 4.69) is 15.4 Å². The lowest BCUT2D eigenvalue weighted by Crippen LogP contribution is -2.14. The van der Waals surface area contributed by atoms with Gasteiger partial charge in [0, 0.05) is 25.4 Å². The van der Waals surface area contributed by atoms with Gasteiger partial charge in [-0.3, -0.25) is 10.1 Å². The molecule has 24 heavy (non-hydrogen) atoms. The molecule has 0 radical (unpaired) electrons. The van der Waals surface area contributed by atoms with Crippen LogP contribution in [0, 0.1) is 17.0 Å². The van der Waals surface area contributed by atoms with Gasteiger partial charge in [-0.1, -0.05) is 6.07 Å². The van der Waals surface area contributed by atoms with Crippen molar-refractivity contribution >= 4 is 11.5 Å². The molecule has 0 amide bonds. The highest BCUT2D eigenvalue weighted by molar-refractivity contribution is 5.59. The van der Waals surface area contributed by atoms with Gasteiger partial charge in [0.15, 0.2) is 0 Å². The number of pyridine rings is 1. The molecule has 1 aliphatic carbocycles. The standard InChI is InChI=1S/C16H21N5O3/c1-11-14(21(22)23)15(20(2)19-11)18-10-12-6-5-9-17-16(12)24-13-7-3-4-8-13/h5-6,9,13,18H,3-4,7-8,10H2,1-2H3. The van der Waals surface area contributed by atoms with Crippen LogP contribution in [0.2, 0.25) is 0 Å². The molecular formula is C16H21N5O3. The van der Waals surface area contributed by atoms with Crippen LogP contribution in [0.4, 0.5) is 11.5 Å². The number of hydrogen-bond donors (Lipinski definition) is 1. The Morgan fingerprint density at radius 2 is 2.21 bits per heavy atom. The van der Waals surface area contributed by atoms with Gasteiger partial charge in [0.2, 0.25) is 11.7 Å². The highest BCUT2D eigenvalue weighted by atomic mass is 16.6. The van der Waals surface area contributed by atoms with E-state index in [1.54, 1.807) is 20.2 Å². The number of nitrogens with zero attached hydrogens (tertiary/aromatic N) is 4. The maximum atomic E-state index is 11.2. The van der Waals surface area contributed by atoms with Crippen LogP contribution in [-0.4, -0.2) is 25.8 Å². The first-order chi connectivity index (χ1) is 11.6. The summed E-state index contributed by atoms with van der Waals surface area (Å²) in [6, 6.07) is 3.75. The quantitative estimate of drug-likeness (QED) is 0.646. The largest absolute Gasteiger partial charge is 0.474 e. The maximum Gasteiger partial charge on any atom is 0.333 e.